The van der Waals surface area contributed by atoms with Crippen LogP contribution in [0.25, 0.3) is 0 Å². The Morgan fingerprint density at radius 3 is 1.83 bits per heavy atom. The molecule has 0 aliphatic carbocycles. The fourth-order valence-corrected chi connectivity index (χ4v) is 0. The van der Waals surface area contributed by atoms with Gasteiger partial charge in [-0.2, -0.15) is 8.78 Å². The highest BCUT2D eigenvalue weighted by molar-refractivity contribution is 5.58. The first kappa shape index (κ1) is 5.49. The van der Waals surface area contributed by atoms with Crippen molar-refractivity contribution < 1.29 is 13.6 Å². The maximum atomic E-state index is 10.9. The van der Waals surface area contributed by atoms with Crippen LogP contribution in [0.1, 0.15) is 0 Å². The first-order chi connectivity index (χ1) is 2.56. The molecule has 0 radical (unpaired) electrons. The number of rotatable bonds is 1. The van der Waals surface area contributed by atoms with Crippen LogP contribution in [0.4, 0.5) is 8.78 Å². The molecule has 0 aromatic heterocycles. The molecule has 0 aliphatic heterocycles. The maximum absolute atomic E-state index is 10.9. The molecule has 0 saturated heterocycles. The van der Waals surface area contributed by atoms with E-state index < -0.39 is 12.3 Å². The molecule has 0 amide bonds. The molecule has 0 bridgehead atoms. The predicted octanol–water partition coefficient (Wildman–Crippen LogP) is -0.263. The van der Waals surface area contributed by atoms with Crippen LogP contribution >= 0.6 is 0 Å². The molecule has 0 unspecified atom stereocenters. The van der Waals surface area contributed by atoms with Crippen LogP contribution < -0.4 is 5.73 Å². The van der Waals surface area contributed by atoms with E-state index in [2.05, 4.69) is 5.73 Å². The summed E-state index contributed by atoms with van der Waals surface area (Å²) in [7, 11) is 0. The van der Waals surface area contributed by atoms with E-state index in [4.69, 9.17) is 4.79 Å². The molecule has 2 N–H and O–H groups in total. The number of alkyl halides is 2. The highest BCUT2D eigenvalue weighted by Gasteiger charge is 2.18. The second-order valence-corrected chi connectivity index (χ2v) is 0.792. The van der Waals surface area contributed by atoms with Gasteiger partial charge >= 0.3 is 6.05 Å². The summed E-state index contributed by atoms with van der Waals surface area (Å²) >= 11 is 0. The Morgan fingerprint density at radius 1 is 1.67 bits per heavy atom. The van der Waals surface area contributed by atoms with Crippen LogP contribution in [0, 0.1) is 0 Å². The Labute approximate surface area is 32.9 Å². The first-order valence-corrected chi connectivity index (χ1v) is 1.19. The molecule has 0 aliphatic rings. The summed E-state index contributed by atoms with van der Waals surface area (Å²) in [5.41, 5.74) is 3.83. The van der Waals surface area contributed by atoms with Crippen LogP contribution in [0.3, 0.4) is 0 Å². The second-order valence-electron chi connectivity index (χ2n) is 0.792. The lowest BCUT2D eigenvalue weighted by Crippen LogP contribution is -2.29. The molecule has 0 aromatic carbocycles. The Hall–Kier alpha value is -0.510. The van der Waals surface area contributed by atoms with Gasteiger partial charge in [0.05, 0.1) is 0 Å². The number of hydrogen-bond donors (Lipinski definition) is 1. The maximum Gasteiger partial charge on any atom is 0.356 e. The summed E-state index contributed by atoms with van der Waals surface area (Å²) in [6.45, 7) is 0. The standard InChI is InChI=1S/C2H3F2NO/c3-2(4,5)1-6/h1H,5H2. The Balaban J connectivity index is 3.45. The fraction of sp³-hybridized carbons (Fsp3) is 0.500. The summed E-state index contributed by atoms with van der Waals surface area (Å²) in [4.78, 5) is 8.95. The zero-order valence-corrected chi connectivity index (χ0v) is 2.82. The molecule has 6 heavy (non-hydrogen) atoms. The van der Waals surface area contributed by atoms with Crippen molar-refractivity contribution >= 4 is 6.29 Å². The fourth-order valence-electron chi connectivity index (χ4n) is 0. The summed E-state index contributed by atoms with van der Waals surface area (Å²) in [5.74, 6) is 0. The SMILES string of the molecule is NC(F)(F)C=O. The molecule has 2 nitrogen and oxygen atoms in total. The van der Waals surface area contributed by atoms with Gasteiger partial charge in [-0.05, 0) is 0 Å². The van der Waals surface area contributed by atoms with Gasteiger partial charge in [-0.15, -0.1) is 0 Å². The number of nitrogens with two attached hydrogens (primary N) is 1. The van der Waals surface area contributed by atoms with Crippen LogP contribution in [-0.4, -0.2) is 12.3 Å². The van der Waals surface area contributed by atoms with E-state index in [1.165, 1.54) is 0 Å². The highest BCUT2D eigenvalue weighted by atomic mass is 19.3. The zero-order valence-electron chi connectivity index (χ0n) is 2.82. The van der Waals surface area contributed by atoms with E-state index in [1.807, 2.05) is 0 Å². The van der Waals surface area contributed by atoms with E-state index >= 15 is 0 Å². The average Bonchev–Trinajstić information content (AvgIpc) is 1.35. The molecule has 0 atom stereocenters. The quantitative estimate of drug-likeness (QED) is 0.360. The van der Waals surface area contributed by atoms with Gasteiger partial charge in [0.1, 0.15) is 0 Å². The Morgan fingerprint density at radius 2 is 1.83 bits per heavy atom. The minimum absolute atomic E-state index is 0.618. The van der Waals surface area contributed by atoms with Crippen molar-refractivity contribution in [2.45, 2.75) is 6.05 Å². The van der Waals surface area contributed by atoms with Crippen LogP contribution in [0.2, 0.25) is 0 Å². The third-order valence-electron chi connectivity index (χ3n) is 0.157. The molecular formula is C2H3F2NO. The summed E-state index contributed by atoms with van der Waals surface area (Å²) < 4.78 is 21.7. The lowest BCUT2D eigenvalue weighted by atomic mass is 10.7. The molecule has 0 saturated carbocycles. The van der Waals surface area contributed by atoms with Gasteiger partial charge in [0.15, 0.2) is 0 Å². The molecule has 0 spiro atoms. The number of aldehydes is 1. The molecule has 0 heterocycles. The van der Waals surface area contributed by atoms with E-state index in [0.29, 0.717) is 0 Å². The summed E-state index contributed by atoms with van der Waals surface area (Å²) in [5, 5.41) is 0. The lowest BCUT2D eigenvalue weighted by Gasteiger charge is -1.93. The Bertz CT molecular complexity index is 57.1. The first-order valence-electron chi connectivity index (χ1n) is 1.19. The van der Waals surface area contributed by atoms with Gasteiger partial charge in [0.2, 0.25) is 6.29 Å². The van der Waals surface area contributed by atoms with E-state index in [-0.39, 0.29) is 0 Å². The molecule has 0 rings (SSSR count). The largest absolute Gasteiger partial charge is 0.356 e. The summed E-state index contributed by atoms with van der Waals surface area (Å²) in [6, 6.07) is -3.64. The molecule has 0 aromatic rings. The Kier molecular flexibility index (Phi) is 1.19. The zero-order chi connectivity index (χ0) is 5.21. The number of carbonyl (C=O) groups excluding carboxylic acids is 1. The van der Waals surface area contributed by atoms with Gasteiger partial charge in [-0.3, -0.25) is 10.5 Å². The second kappa shape index (κ2) is 1.30. The van der Waals surface area contributed by atoms with E-state index in [1.54, 1.807) is 0 Å². The molecule has 36 valence electrons. The van der Waals surface area contributed by atoms with Crippen molar-refractivity contribution in [3.8, 4) is 0 Å². The monoisotopic (exact) mass is 95.0 g/mol. The number of carbonyl (C=O) groups is 1. The van der Waals surface area contributed by atoms with Crippen LogP contribution in [-0.2, 0) is 4.79 Å². The van der Waals surface area contributed by atoms with Crippen molar-refractivity contribution in [1.29, 1.82) is 0 Å². The smallest absolute Gasteiger partial charge is 0.295 e. The van der Waals surface area contributed by atoms with E-state index in [0.717, 1.165) is 0 Å². The van der Waals surface area contributed by atoms with Crippen molar-refractivity contribution in [1.82, 2.24) is 0 Å². The van der Waals surface area contributed by atoms with Crippen molar-refractivity contribution in [2.75, 3.05) is 0 Å². The van der Waals surface area contributed by atoms with Crippen molar-refractivity contribution in [2.24, 2.45) is 5.73 Å². The van der Waals surface area contributed by atoms with Gasteiger partial charge in [0, 0.05) is 0 Å². The van der Waals surface area contributed by atoms with E-state index in [9.17, 15) is 8.78 Å². The highest BCUT2D eigenvalue weighted by Crippen LogP contribution is 1.95. The average molecular weight is 95.0 g/mol. The molecule has 0 fully saturated rings. The van der Waals surface area contributed by atoms with Gasteiger partial charge < -0.3 is 0 Å². The van der Waals surface area contributed by atoms with Crippen molar-refractivity contribution in [3.05, 3.63) is 0 Å². The van der Waals surface area contributed by atoms with Gasteiger partial charge in [0.25, 0.3) is 0 Å². The van der Waals surface area contributed by atoms with Crippen molar-refractivity contribution in [3.63, 3.8) is 0 Å². The summed E-state index contributed by atoms with van der Waals surface area (Å²) in [6.07, 6.45) is -0.618. The predicted molar refractivity (Wildman–Crippen MR) is 15.2 cm³/mol. The number of halogens is 2. The third kappa shape index (κ3) is 3.49. The number of hydrogen-bond acceptors (Lipinski definition) is 2. The molecule has 4 heteroatoms. The minimum atomic E-state index is -3.64. The third-order valence-corrected chi connectivity index (χ3v) is 0.157. The molecular weight excluding hydrogens is 92.0 g/mol. The van der Waals surface area contributed by atoms with Crippen LogP contribution in [0.15, 0.2) is 0 Å². The van der Waals surface area contributed by atoms with Gasteiger partial charge in [-0.25, -0.2) is 0 Å². The lowest BCUT2D eigenvalue weighted by molar-refractivity contribution is -0.128. The van der Waals surface area contributed by atoms with Gasteiger partial charge in [-0.1, -0.05) is 0 Å². The van der Waals surface area contributed by atoms with Crippen LogP contribution in [0.5, 0.6) is 0 Å². The topological polar surface area (TPSA) is 43.1 Å². The minimum Gasteiger partial charge on any atom is -0.295 e. The normalized spacial score (nSPS) is 11.2.